The van der Waals surface area contributed by atoms with Crippen LogP contribution >= 0.6 is 0 Å². The molecule has 0 bridgehead atoms. The largest absolute Gasteiger partial charge is 0.481 e. The SMILES string of the molecule is Cc1nc(-c2ccc(F)cc2)ccc1C(=O)NCc1nc(CC(=O)O)n[nH]1. The molecule has 0 unspecified atom stereocenters. The zero-order valence-electron chi connectivity index (χ0n) is 14.4. The Morgan fingerprint density at radius 1 is 1.15 bits per heavy atom. The summed E-state index contributed by atoms with van der Waals surface area (Å²) in [5.41, 5.74) is 2.31. The van der Waals surface area contributed by atoms with Crippen molar-refractivity contribution in [2.75, 3.05) is 0 Å². The van der Waals surface area contributed by atoms with E-state index in [0.717, 1.165) is 5.56 Å². The van der Waals surface area contributed by atoms with Gasteiger partial charge in [0.05, 0.1) is 23.5 Å². The Labute approximate surface area is 153 Å². The van der Waals surface area contributed by atoms with Gasteiger partial charge in [0, 0.05) is 5.56 Å². The Bertz CT molecular complexity index is 985. The Morgan fingerprint density at radius 2 is 1.89 bits per heavy atom. The second-order valence-corrected chi connectivity index (χ2v) is 5.79. The van der Waals surface area contributed by atoms with E-state index in [1.165, 1.54) is 12.1 Å². The minimum atomic E-state index is -1.03. The molecule has 138 valence electrons. The number of hydrogen-bond acceptors (Lipinski definition) is 5. The van der Waals surface area contributed by atoms with Crippen molar-refractivity contribution in [2.45, 2.75) is 19.9 Å². The summed E-state index contributed by atoms with van der Waals surface area (Å²) in [6.45, 7) is 1.78. The molecule has 0 saturated heterocycles. The first kappa shape index (κ1) is 18.2. The number of halogens is 1. The van der Waals surface area contributed by atoms with Gasteiger partial charge in [0.2, 0.25) is 0 Å². The summed E-state index contributed by atoms with van der Waals surface area (Å²) in [5, 5.41) is 17.7. The van der Waals surface area contributed by atoms with Gasteiger partial charge < -0.3 is 10.4 Å². The van der Waals surface area contributed by atoms with Crippen molar-refractivity contribution in [3.05, 3.63) is 65.1 Å². The molecule has 3 aromatic rings. The van der Waals surface area contributed by atoms with Crippen molar-refractivity contribution < 1.29 is 19.1 Å². The van der Waals surface area contributed by atoms with Gasteiger partial charge in [-0.3, -0.25) is 19.7 Å². The number of H-pyrrole nitrogens is 1. The Balaban J connectivity index is 1.67. The highest BCUT2D eigenvalue weighted by atomic mass is 19.1. The zero-order valence-corrected chi connectivity index (χ0v) is 14.4. The minimum Gasteiger partial charge on any atom is -0.481 e. The van der Waals surface area contributed by atoms with Crippen molar-refractivity contribution in [1.29, 1.82) is 0 Å². The molecule has 2 heterocycles. The monoisotopic (exact) mass is 369 g/mol. The summed E-state index contributed by atoms with van der Waals surface area (Å²) < 4.78 is 13.0. The average molecular weight is 369 g/mol. The number of aromatic nitrogens is 4. The van der Waals surface area contributed by atoms with Crippen LogP contribution in [-0.2, 0) is 17.8 Å². The van der Waals surface area contributed by atoms with Crippen molar-refractivity contribution in [3.63, 3.8) is 0 Å². The Kier molecular flexibility index (Phi) is 5.20. The van der Waals surface area contributed by atoms with Crippen LogP contribution < -0.4 is 5.32 Å². The van der Waals surface area contributed by atoms with Crippen LogP contribution in [0.2, 0.25) is 0 Å². The van der Waals surface area contributed by atoms with Gasteiger partial charge in [-0.2, -0.15) is 5.10 Å². The second kappa shape index (κ2) is 7.73. The number of hydrogen-bond donors (Lipinski definition) is 3. The fourth-order valence-electron chi connectivity index (χ4n) is 2.47. The van der Waals surface area contributed by atoms with Crippen molar-refractivity contribution in [3.8, 4) is 11.3 Å². The lowest BCUT2D eigenvalue weighted by Crippen LogP contribution is -2.24. The van der Waals surface area contributed by atoms with Crippen LogP contribution in [-0.4, -0.2) is 37.1 Å². The molecule has 1 amide bonds. The Hall–Kier alpha value is -3.62. The molecular formula is C18H16FN5O3. The molecule has 0 spiro atoms. The number of carbonyl (C=O) groups excluding carboxylic acids is 1. The number of aliphatic carboxylic acids is 1. The maximum Gasteiger partial charge on any atom is 0.311 e. The highest BCUT2D eigenvalue weighted by molar-refractivity contribution is 5.95. The normalized spacial score (nSPS) is 10.6. The van der Waals surface area contributed by atoms with Gasteiger partial charge >= 0.3 is 5.97 Å². The van der Waals surface area contributed by atoms with Crippen molar-refractivity contribution in [2.24, 2.45) is 0 Å². The lowest BCUT2D eigenvalue weighted by Gasteiger charge is -2.08. The van der Waals surface area contributed by atoms with Crippen molar-refractivity contribution >= 4 is 11.9 Å². The summed E-state index contributed by atoms with van der Waals surface area (Å²) >= 11 is 0. The van der Waals surface area contributed by atoms with E-state index in [1.807, 2.05) is 0 Å². The first-order valence-corrected chi connectivity index (χ1v) is 8.06. The molecule has 1 aromatic carbocycles. The maximum atomic E-state index is 13.0. The van der Waals surface area contributed by atoms with Crippen LogP contribution in [0.3, 0.4) is 0 Å². The number of aromatic amines is 1. The molecule has 0 saturated carbocycles. The third-order valence-corrected chi connectivity index (χ3v) is 3.77. The number of carbonyl (C=O) groups is 2. The van der Waals surface area contributed by atoms with Crippen LogP contribution in [0.15, 0.2) is 36.4 Å². The third-order valence-electron chi connectivity index (χ3n) is 3.77. The van der Waals surface area contributed by atoms with E-state index in [9.17, 15) is 14.0 Å². The molecule has 0 atom stereocenters. The van der Waals surface area contributed by atoms with E-state index >= 15 is 0 Å². The van der Waals surface area contributed by atoms with Crippen LogP contribution in [0.5, 0.6) is 0 Å². The number of carboxylic acids is 1. The lowest BCUT2D eigenvalue weighted by molar-refractivity contribution is -0.136. The Morgan fingerprint density at radius 3 is 2.56 bits per heavy atom. The lowest BCUT2D eigenvalue weighted by atomic mass is 10.1. The summed E-state index contributed by atoms with van der Waals surface area (Å²) in [4.78, 5) is 31.4. The van der Waals surface area contributed by atoms with Crippen LogP contribution in [0.25, 0.3) is 11.3 Å². The molecule has 0 aliphatic rings. The van der Waals surface area contributed by atoms with Gasteiger partial charge in [0.15, 0.2) is 5.82 Å². The third kappa shape index (κ3) is 4.51. The number of aryl methyl sites for hydroxylation is 1. The molecule has 3 rings (SSSR count). The van der Waals surface area contributed by atoms with E-state index in [1.54, 1.807) is 31.2 Å². The van der Waals surface area contributed by atoms with E-state index in [2.05, 4.69) is 25.5 Å². The van der Waals surface area contributed by atoms with Crippen LogP contribution in [0.1, 0.15) is 27.7 Å². The van der Waals surface area contributed by atoms with Gasteiger partial charge in [-0.15, -0.1) is 0 Å². The molecule has 0 aliphatic heterocycles. The zero-order chi connectivity index (χ0) is 19.4. The molecule has 27 heavy (non-hydrogen) atoms. The van der Waals surface area contributed by atoms with Gasteiger partial charge in [-0.25, -0.2) is 9.37 Å². The topological polar surface area (TPSA) is 121 Å². The number of rotatable bonds is 6. The molecular weight excluding hydrogens is 353 g/mol. The van der Waals surface area contributed by atoms with E-state index in [4.69, 9.17) is 5.11 Å². The fourth-order valence-corrected chi connectivity index (χ4v) is 2.47. The fraction of sp³-hybridized carbons (Fsp3) is 0.167. The molecule has 0 radical (unpaired) electrons. The average Bonchev–Trinajstić information content (AvgIpc) is 3.07. The minimum absolute atomic E-state index is 0.0740. The smallest absolute Gasteiger partial charge is 0.311 e. The summed E-state index contributed by atoms with van der Waals surface area (Å²) in [6, 6.07) is 9.28. The predicted octanol–water partition coefficient (Wildman–Crippen LogP) is 1.87. The highest BCUT2D eigenvalue weighted by Gasteiger charge is 2.13. The van der Waals surface area contributed by atoms with Crippen LogP contribution in [0.4, 0.5) is 4.39 Å². The number of amides is 1. The quantitative estimate of drug-likeness (QED) is 0.610. The number of pyridine rings is 1. The van der Waals surface area contributed by atoms with E-state index < -0.39 is 5.97 Å². The van der Waals surface area contributed by atoms with Crippen molar-refractivity contribution in [1.82, 2.24) is 25.5 Å². The van der Waals surface area contributed by atoms with Crippen LogP contribution in [0, 0.1) is 12.7 Å². The van der Waals surface area contributed by atoms with E-state index in [-0.39, 0.29) is 30.5 Å². The number of benzene rings is 1. The second-order valence-electron chi connectivity index (χ2n) is 5.79. The van der Waals surface area contributed by atoms with Gasteiger partial charge in [0.1, 0.15) is 18.1 Å². The highest BCUT2D eigenvalue weighted by Crippen LogP contribution is 2.19. The standard InChI is InChI=1S/C18H16FN5O3/c1-10-13(6-7-14(21-10)11-2-4-12(19)5-3-11)18(27)20-9-16-22-15(23-24-16)8-17(25)26/h2-7H,8-9H2,1H3,(H,20,27)(H,25,26)(H,22,23,24). The number of nitrogens with zero attached hydrogens (tertiary/aromatic N) is 3. The summed E-state index contributed by atoms with van der Waals surface area (Å²) in [5.74, 6) is -1.21. The molecule has 3 N–H and O–H groups in total. The molecule has 2 aromatic heterocycles. The van der Waals surface area contributed by atoms with Gasteiger partial charge in [0.25, 0.3) is 5.91 Å². The number of nitrogens with one attached hydrogen (secondary N) is 2. The number of carboxylic acid groups (broad SMARTS) is 1. The molecule has 9 heteroatoms. The molecule has 0 aliphatic carbocycles. The van der Waals surface area contributed by atoms with Gasteiger partial charge in [-0.1, -0.05) is 0 Å². The van der Waals surface area contributed by atoms with E-state index in [0.29, 0.717) is 22.8 Å². The first-order chi connectivity index (χ1) is 12.9. The molecule has 0 fully saturated rings. The summed E-state index contributed by atoms with van der Waals surface area (Å²) in [6.07, 6.45) is -0.293. The molecule has 8 nitrogen and oxygen atoms in total. The summed E-state index contributed by atoms with van der Waals surface area (Å²) in [7, 11) is 0. The first-order valence-electron chi connectivity index (χ1n) is 8.06. The predicted molar refractivity (Wildman–Crippen MR) is 93.3 cm³/mol. The maximum absolute atomic E-state index is 13.0. The van der Waals surface area contributed by atoms with Gasteiger partial charge in [-0.05, 0) is 43.3 Å².